The first-order valence-corrected chi connectivity index (χ1v) is 14.9. The molecule has 41 heavy (non-hydrogen) atoms. The smallest absolute Gasteiger partial charge is 0.240 e. The second-order valence-electron chi connectivity index (χ2n) is 10.1. The zero-order chi connectivity index (χ0) is 30.6. The van der Waals surface area contributed by atoms with Crippen molar-refractivity contribution in [2.45, 2.75) is 66.3 Å². The van der Waals surface area contributed by atoms with Gasteiger partial charge in [-0.3, -0.25) is 14.4 Å². The SMILES string of the molecule is CCCNC(C(=O)N(C)CC(=O)NCC(=O)NCCCc1ccccc1OCC)C(C)CC.Cc1ccc(Cl)cc1. The predicted octanol–water partition coefficient (Wildman–Crippen LogP) is 4.77. The van der Waals surface area contributed by atoms with Crippen LogP contribution >= 0.6 is 11.6 Å². The van der Waals surface area contributed by atoms with Crippen molar-refractivity contribution in [3.63, 3.8) is 0 Å². The number of carbonyl (C=O) groups excluding carboxylic acids is 3. The molecule has 3 amide bonds. The quantitative estimate of drug-likeness (QED) is 0.245. The Morgan fingerprint density at radius 1 is 0.951 bits per heavy atom. The van der Waals surface area contributed by atoms with Crippen molar-refractivity contribution in [1.82, 2.24) is 20.9 Å². The van der Waals surface area contributed by atoms with Gasteiger partial charge in [0, 0.05) is 18.6 Å². The number of hydrogen-bond acceptors (Lipinski definition) is 5. The number of nitrogens with one attached hydrogen (secondary N) is 3. The monoisotopic (exact) mass is 588 g/mol. The summed E-state index contributed by atoms with van der Waals surface area (Å²) in [7, 11) is 1.62. The molecule has 0 saturated heterocycles. The van der Waals surface area contributed by atoms with Crippen molar-refractivity contribution < 1.29 is 19.1 Å². The average molecular weight is 589 g/mol. The van der Waals surface area contributed by atoms with Crippen LogP contribution in [0.3, 0.4) is 0 Å². The fourth-order valence-electron chi connectivity index (χ4n) is 3.94. The molecule has 2 unspecified atom stereocenters. The number of likely N-dealkylation sites (N-methyl/N-ethyl adjacent to an activating group) is 1. The number of carbonyl (C=O) groups is 3. The van der Waals surface area contributed by atoms with E-state index >= 15 is 0 Å². The minimum Gasteiger partial charge on any atom is -0.494 e. The molecule has 0 bridgehead atoms. The van der Waals surface area contributed by atoms with Gasteiger partial charge in [-0.2, -0.15) is 0 Å². The third-order valence-electron chi connectivity index (χ3n) is 6.52. The minimum atomic E-state index is -0.356. The molecule has 0 spiro atoms. The van der Waals surface area contributed by atoms with Crippen LogP contribution in [0.4, 0.5) is 0 Å². The molecule has 0 aliphatic carbocycles. The van der Waals surface area contributed by atoms with E-state index in [-0.39, 0.29) is 42.8 Å². The Bertz CT molecular complexity index is 1030. The van der Waals surface area contributed by atoms with Gasteiger partial charge in [0.05, 0.1) is 25.7 Å². The Morgan fingerprint density at radius 3 is 2.24 bits per heavy atom. The molecule has 0 aliphatic rings. The van der Waals surface area contributed by atoms with E-state index < -0.39 is 0 Å². The van der Waals surface area contributed by atoms with Gasteiger partial charge >= 0.3 is 0 Å². The van der Waals surface area contributed by atoms with Crippen LogP contribution in [-0.4, -0.2) is 68.5 Å². The lowest BCUT2D eigenvalue weighted by atomic mass is 9.97. The summed E-state index contributed by atoms with van der Waals surface area (Å²) in [5, 5.41) is 9.49. The number of amides is 3. The summed E-state index contributed by atoms with van der Waals surface area (Å²) in [6, 6.07) is 15.3. The van der Waals surface area contributed by atoms with E-state index in [2.05, 4.69) is 16.0 Å². The number of halogens is 1. The second-order valence-corrected chi connectivity index (χ2v) is 10.5. The largest absolute Gasteiger partial charge is 0.494 e. The number of hydrogen-bond donors (Lipinski definition) is 3. The van der Waals surface area contributed by atoms with E-state index in [9.17, 15) is 14.4 Å². The van der Waals surface area contributed by atoms with E-state index in [1.165, 1.54) is 10.5 Å². The fourth-order valence-corrected chi connectivity index (χ4v) is 4.07. The number of nitrogens with zero attached hydrogens (tertiary/aromatic N) is 1. The van der Waals surface area contributed by atoms with Gasteiger partial charge in [-0.05, 0) is 69.3 Å². The lowest BCUT2D eigenvalue weighted by molar-refractivity contribution is -0.137. The number of ether oxygens (including phenoxy) is 1. The third kappa shape index (κ3) is 14.9. The molecule has 0 radical (unpaired) electrons. The van der Waals surface area contributed by atoms with Crippen molar-refractivity contribution in [2.24, 2.45) is 5.92 Å². The minimum absolute atomic E-state index is 0.0823. The molecular weight excluding hydrogens is 540 g/mol. The maximum absolute atomic E-state index is 12.8. The van der Waals surface area contributed by atoms with Crippen molar-refractivity contribution in [2.75, 3.05) is 39.8 Å². The van der Waals surface area contributed by atoms with Gasteiger partial charge in [-0.1, -0.05) is 74.7 Å². The predicted molar refractivity (Wildman–Crippen MR) is 167 cm³/mol. The molecule has 0 saturated carbocycles. The summed E-state index contributed by atoms with van der Waals surface area (Å²) < 4.78 is 5.62. The van der Waals surface area contributed by atoms with Gasteiger partial charge < -0.3 is 25.6 Å². The van der Waals surface area contributed by atoms with Crippen LogP contribution in [-0.2, 0) is 20.8 Å². The highest BCUT2D eigenvalue weighted by atomic mass is 35.5. The van der Waals surface area contributed by atoms with Gasteiger partial charge in [-0.15, -0.1) is 0 Å². The Labute approximate surface area is 251 Å². The van der Waals surface area contributed by atoms with Gasteiger partial charge in [0.15, 0.2) is 0 Å². The van der Waals surface area contributed by atoms with E-state index in [4.69, 9.17) is 16.3 Å². The number of rotatable bonds is 16. The lowest BCUT2D eigenvalue weighted by Crippen LogP contribution is -2.51. The van der Waals surface area contributed by atoms with E-state index in [0.717, 1.165) is 48.6 Å². The first kappa shape index (κ1) is 35.9. The van der Waals surface area contributed by atoms with Crippen molar-refractivity contribution in [1.29, 1.82) is 0 Å². The van der Waals surface area contributed by atoms with Crippen LogP contribution in [0.2, 0.25) is 5.02 Å². The van der Waals surface area contributed by atoms with Gasteiger partial charge in [0.1, 0.15) is 5.75 Å². The Balaban J connectivity index is 0.000000895. The molecule has 0 aliphatic heterocycles. The fraction of sp³-hybridized carbons (Fsp3) is 0.531. The molecule has 8 nitrogen and oxygen atoms in total. The molecule has 2 atom stereocenters. The van der Waals surface area contributed by atoms with Crippen molar-refractivity contribution in [3.05, 3.63) is 64.7 Å². The van der Waals surface area contributed by atoms with Gasteiger partial charge in [0.2, 0.25) is 17.7 Å². The van der Waals surface area contributed by atoms with Crippen molar-refractivity contribution >= 4 is 29.3 Å². The first-order chi connectivity index (χ1) is 19.6. The van der Waals surface area contributed by atoms with Crippen molar-refractivity contribution in [3.8, 4) is 5.75 Å². The Hall–Kier alpha value is -3.10. The van der Waals surface area contributed by atoms with Crippen LogP contribution in [0.5, 0.6) is 5.75 Å². The third-order valence-corrected chi connectivity index (χ3v) is 6.78. The molecular formula is C32H49ClN4O4. The summed E-state index contributed by atoms with van der Waals surface area (Å²) in [6.07, 6.45) is 3.35. The number of benzene rings is 2. The summed E-state index contributed by atoms with van der Waals surface area (Å²) in [4.78, 5) is 38.5. The normalized spacial score (nSPS) is 11.9. The molecule has 2 aromatic rings. The summed E-state index contributed by atoms with van der Waals surface area (Å²) in [6.45, 7) is 11.8. The highest BCUT2D eigenvalue weighted by molar-refractivity contribution is 6.30. The van der Waals surface area contributed by atoms with Crippen LogP contribution < -0.4 is 20.7 Å². The van der Waals surface area contributed by atoms with Crippen LogP contribution in [0.25, 0.3) is 0 Å². The van der Waals surface area contributed by atoms with E-state index in [1.54, 1.807) is 7.05 Å². The topological polar surface area (TPSA) is 99.8 Å². The summed E-state index contributed by atoms with van der Waals surface area (Å²) in [5.74, 6) is 0.325. The highest BCUT2D eigenvalue weighted by Crippen LogP contribution is 2.19. The molecule has 0 aromatic heterocycles. The molecule has 0 heterocycles. The lowest BCUT2D eigenvalue weighted by Gasteiger charge is -2.28. The summed E-state index contributed by atoms with van der Waals surface area (Å²) in [5.41, 5.74) is 2.35. The van der Waals surface area contributed by atoms with Crippen LogP contribution in [0.15, 0.2) is 48.5 Å². The van der Waals surface area contributed by atoms with Gasteiger partial charge in [0.25, 0.3) is 0 Å². The molecule has 2 rings (SSSR count). The summed E-state index contributed by atoms with van der Waals surface area (Å²) >= 11 is 5.61. The Morgan fingerprint density at radius 2 is 1.63 bits per heavy atom. The Kier molecular flexibility index (Phi) is 18.2. The highest BCUT2D eigenvalue weighted by Gasteiger charge is 2.27. The number of aryl methyl sites for hydroxylation is 2. The van der Waals surface area contributed by atoms with E-state index in [1.807, 2.05) is 83.1 Å². The zero-order valence-electron chi connectivity index (χ0n) is 25.6. The zero-order valence-corrected chi connectivity index (χ0v) is 26.4. The second kappa shape index (κ2) is 20.7. The number of para-hydroxylation sites is 1. The average Bonchev–Trinajstić information content (AvgIpc) is 2.96. The van der Waals surface area contributed by atoms with Crippen LogP contribution in [0, 0.1) is 12.8 Å². The molecule has 0 fully saturated rings. The molecule has 9 heteroatoms. The van der Waals surface area contributed by atoms with Crippen LogP contribution in [0.1, 0.15) is 58.1 Å². The maximum atomic E-state index is 12.8. The first-order valence-electron chi connectivity index (χ1n) is 14.6. The van der Waals surface area contributed by atoms with E-state index in [0.29, 0.717) is 13.2 Å². The molecule has 3 N–H and O–H groups in total. The molecule has 228 valence electrons. The maximum Gasteiger partial charge on any atom is 0.240 e. The van der Waals surface area contributed by atoms with Gasteiger partial charge in [-0.25, -0.2) is 0 Å². The standard InChI is InChI=1S/C25H42N4O4.C7H7Cl/c1-6-15-27-24(19(4)7-2)25(32)29(5)18-23(31)28-17-22(30)26-16-11-13-20-12-9-10-14-21(20)33-8-3;1-6-2-4-7(8)5-3-6/h9-10,12,14,19,24,27H,6-8,11,13,15-18H2,1-5H3,(H,26,30)(H,28,31);2-5H,1H3. The molecule has 2 aromatic carbocycles.